The average Bonchev–Trinajstić information content (AvgIpc) is 3.19. The Morgan fingerprint density at radius 3 is 2.72 bits per heavy atom. The summed E-state index contributed by atoms with van der Waals surface area (Å²) in [6, 6.07) is 6.02. The number of hydrogen-bond acceptors (Lipinski definition) is 4. The minimum absolute atomic E-state index is 0. The van der Waals surface area contributed by atoms with Crippen molar-refractivity contribution in [3.63, 3.8) is 0 Å². The van der Waals surface area contributed by atoms with Gasteiger partial charge in [0, 0.05) is 56.4 Å². The smallest absolute Gasteiger partial charge is 0.191 e. The number of fused-ring (bicyclic) bond motifs is 1. The minimum Gasteiger partial charge on any atom is -0.356 e. The first-order valence-corrected chi connectivity index (χ1v) is 8.84. The number of aliphatic imine (C=N–C) groups is 1. The molecule has 0 spiro atoms. The Morgan fingerprint density at radius 1 is 1.24 bits per heavy atom. The van der Waals surface area contributed by atoms with E-state index in [0.717, 1.165) is 48.2 Å². The van der Waals surface area contributed by atoms with E-state index < -0.39 is 0 Å². The number of halogens is 1. The predicted octanol–water partition coefficient (Wildman–Crippen LogP) is 2.67. The van der Waals surface area contributed by atoms with E-state index in [2.05, 4.69) is 38.7 Å². The Bertz CT molecular complexity index is 792. The van der Waals surface area contributed by atoms with Gasteiger partial charge in [-0.05, 0) is 19.1 Å². The molecule has 0 aromatic carbocycles. The van der Waals surface area contributed by atoms with Gasteiger partial charge < -0.3 is 15.0 Å². The van der Waals surface area contributed by atoms with Crippen molar-refractivity contribution in [3.05, 3.63) is 52.4 Å². The van der Waals surface area contributed by atoms with Crippen LogP contribution in [-0.4, -0.2) is 40.5 Å². The summed E-state index contributed by atoms with van der Waals surface area (Å²) in [7, 11) is 1.79. The van der Waals surface area contributed by atoms with Crippen LogP contribution >= 0.6 is 35.3 Å². The molecule has 134 valence electrons. The Kier molecular flexibility index (Phi) is 7.63. The van der Waals surface area contributed by atoms with E-state index >= 15 is 0 Å². The molecule has 3 rings (SSSR count). The van der Waals surface area contributed by atoms with Gasteiger partial charge in [0.15, 0.2) is 5.96 Å². The van der Waals surface area contributed by atoms with Gasteiger partial charge >= 0.3 is 0 Å². The molecule has 0 bridgehead atoms. The Balaban J connectivity index is 0.00000225. The van der Waals surface area contributed by atoms with Gasteiger partial charge in [-0.3, -0.25) is 4.99 Å². The van der Waals surface area contributed by atoms with Gasteiger partial charge in [-0.2, -0.15) is 0 Å². The molecule has 0 aliphatic rings. The molecule has 0 unspecified atom stereocenters. The van der Waals surface area contributed by atoms with Crippen LogP contribution in [0.2, 0.25) is 0 Å². The zero-order chi connectivity index (χ0) is 16.8. The Labute approximate surface area is 168 Å². The van der Waals surface area contributed by atoms with Crippen LogP contribution in [0.3, 0.4) is 0 Å². The molecular weight excluding hydrogens is 447 g/mol. The molecule has 8 heteroatoms. The number of guanidine groups is 1. The van der Waals surface area contributed by atoms with Crippen molar-refractivity contribution in [2.45, 2.75) is 19.8 Å². The molecule has 3 aromatic heterocycles. The van der Waals surface area contributed by atoms with E-state index in [4.69, 9.17) is 0 Å². The van der Waals surface area contributed by atoms with Crippen LogP contribution < -0.4 is 10.6 Å². The van der Waals surface area contributed by atoms with Crippen LogP contribution in [0.15, 0.2) is 41.8 Å². The number of aryl methyl sites for hydroxylation is 1. The number of nitrogens with zero attached hydrogens (tertiary/aromatic N) is 4. The first-order chi connectivity index (χ1) is 11.7. The second-order valence-electron chi connectivity index (χ2n) is 5.49. The maximum atomic E-state index is 4.60. The lowest BCUT2D eigenvalue weighted by molar-refractivity contribution is 0.776. The molecule has 3 aromatic rings. The zero-order valence-electron chi connectivity index (χ0n) is 14.4. The van der Waals surface area contributed by atoms with Crippen LogP contribution in [-0.2, 0) is 12.8 Å². The Hall–Kier alpha value is -1.68. The molecule has 0 amide bonds. The van der Waals surface area contributed by atoms with Crippen molar-refractivity contribution in [2.24, 2.45) is 4.99 Å². The second kappa shape index (κ2) is 9.71. The van der Waals surface area contributed by atoms with Crippen molar-refractivity contribution in [3.8, 4) is 0 Å². The number of pyridine rings is 1. The fourth-order valence-electron chi connectivity index (χ4n) is 2.44. The van der Waals surface area contributed by atoms with E-state index in [0.29, 0.717) is 0 Å². The monoisotopic (exact) mass is 470 g/mol. The largest absolute Gasteiger partial charge is 0.356 e. The van der Waals surface area contributed by atoms with Crippen LogP contribution in [0.4, 0.5) is 0 Å². The zero-order valence-corrected chi connectivity index (χ0v) is 17.5. The predicted molar refractivity (Wildman–Crippen MR) is 114 cm³/mol. The van der Waals surface area contributed by atoms with Gasteiger partial charge in [-0.25, -0.2) is 9.97 Å². The Morgan fingerprint density at radius 2 is 2.04 bits per heavy atom. The van der Waals surface area contributed by atoms with Crippen LogP contribution in [0.25, 0.3) is 5.65 Å². The quantitative estimate of drug-likeness (QED) is 0.330. The van der Waals surface area contributed by atoms with E-state index in [1.165, 1.54) is 4.88 Å². The summed E-state index contributed by atoms with van der Waals surface area (Å²) in [5.74, 6) is 0.812. The third-order valence-electron chi connectivity index (χ3n) is 3.61. The number of thiazole rings is 1. The summed E-state index contributed by atoms with van der Waals surface area (Å²) in [6.45, 7) is 3.69. The summed E-state index contributed by atoms with van der Waals surface area (Å²) >= 11 is 1.74. The topological polar surface area (TPSA) is 66.6 Å². The third-order valence-corrected chi connectivity index (χ3v) is 4.58. The normalized spacial score (nSPS) is 11.4. The maximum absolute atomic E-state index is 4.60. The van der Waals surface area contributed by atoms with Gasteiger partial charge in [0.2, 0.25) is 0 Å². The lowest BCUT2D eigenvalue weighted by atomic mass is 10.3. The van der Waals surface area contributed by atoms with Crippen molar-refractivity contribution >= 4 is 46.9 Å². The first kappa shape index (κ1) is 19.6. The van der Waals surface area contributed by atoms with Crippen molar-refractivity contribution in [1.82, 2.24) is 25.0 Å². The molecule has 0 atom stereocenters. The molecule has 0 radical (unpaired) electrons. The van der Waals surface area contributed by atoms with Crippen molar-refractivity contribution < 1.29 is 0 Å². The molecular formula is C17H23IN6S. The number of hydrogen-bond donors (Lipinski definition) is 2. The molecule has 0 saturated heterocycles. The van der Waals surface area contributed by atoms with Gasteiger partial charge in [0.1, 0.15) is 5.65 Å². The summed E-state index contributed by atoms with van der Waals surface area (Å²) in [4.78, 5) is 14.5. The fourth-order valence-corrected chi connectivity index (χ4v) is 3.23. The molecule has 0 aliphatic carbocycles. The van der Waals surface area contributed by atoms with E-state index in [1.807, 2.05) is 35.0 Å². The highest BCUT2D eigenvalue weighted by molar-refractivity contribution is 14.0. The highest BCUT2D eigenvalue weighted by Crippen LogP contribution is 2.10. The highest BCUT2D eigenvalue weighted by atomic mass is 127. The summed E-state index contributed by atoms with van der Waals surface area (Å²) in [5.41, 5.74) is 2.05. The highest BCUT2D eigenvalue weighted by Gasteiger charge is 2.03. The van der Waals surface area contributed by atoms with Gasteiger partial charge in [0.25, 0.3) is 0 Å². The molecule has 0 saturated carbocycles. The van der Waals surface area contributed by atoms with Crippen LogP contribution in [0.5, 0.6) is 0 Å². The van der Waals surface area contributed by atoms with E-state index in [-0.39, 0.29) is 24.0 Å². The average molecular weight is 470 g/mol. The van der Waals surface area contributed by atoms with Crippen LogP contribution in [0.1, 0.15) is 15.6 Å². The number of rotatable bonds is 6. The van der Waals surface area contributed by atoms with Crippen molar-refractivity contribution in [2.75, 3.05) is 20.1 Å². The van der Waals surface area contributed by atoms with Crippen LogP contribution in [0, 0.1) is 6.92 Å². The SMILES string of the molecule is CN=C(NCCc1cn2ccccc2n1)NCCc1ncc(C)s1.I. The number of nitrogens with one attached hydrogen (secondary N) is 2. The summed E-state index contributed by atoms with van der Waals surface area (Å²) in [5, 5.41) is 7.80. The van der Waals surface area contributed by atoms with Gasteiger partial charge in [-0.1, -0.05) is 6.07 Å². The lowest BCUT2D eigenvalue weighted by Crippen LogP contribution is -2.39. The summed E-state index contributed by atoms with van der Waals surface area (Å²) in [6.07, 6.45) is 7.76. The third kappa shape index (κ3) is 5.67. The maximum Gasteiger partial charge on any atom is 0.191 e. The fraction of sp³-hybridized carbons (Fsp3) is 0.353. The van der Waals surface area contributed by atoms with E-state index in [9.17, 15) is 0 Å². The summed E-state index contributed by atoms with van der Waals surface area (Å²) < 4.78 is 2.04. The molecule has 0 aliphatic heterocycles. The minimum atomic E-state index is 0. The number of imidazole rings is 1. The first-order valence-electron chi connectivity index (χ1n) is 8.03. The van der Waals surface area contributed by atoms with Gasteiger partial charge in [0.05, 0.1) is 10.7 Å². The standard InChI is InChI=1S/C17H22N6S.HI/c1-13-11-21-16(24-13)7-9-20-17(18-2)19-8-6-14-12-23-10-4-3-5-15(23)22-14;/h3-5,10-12H,6-9H2,1-2H3,(H2,18,19,20);1H. The molecule has 2 N–H and O–H groups in total. The van der Waals surface area contributed by atoms with Gasteiger partial charge in [-0.15, -0.1) is 35.3 Å². The lowest BCUT2D eigenvalue weighted by Gasteiger charge is -2.10. The van der Waals surface area contributed by atoms with E-state index in [1.54, 1.807) is 18.4 Å². The second-order valence-corrected chi connectivity index (χ2v) is 6.81. The van der Waals surface area contributed by atoms with Crippen molar-refractivity contribution in [1.29, 1.82) is 0 Å². The molecule has 25 heavy (non-hydrogen) atoms. The number of aromatic nitrogens is 3. The molecule has 3 heterocycles. The molecule has 0 fully saturated rings. The molecule has 6 nitrogen and oxygen atoms in total.